The number of hydrogen-bond donors (Lipinski definition) is 3. The third-order valence-corrected chi connectivity index (χ3v) is 3.70. The Hall–Kier alpha value is -3.18. The van der Waals surface area contributed by atoms with E-state index in [0.717, 1.165) is 11.2 Å². The van der Waals surface area contributed by atoms with Gasteiger partial charge < -0.3 is 16.2 Å². The summed E-state index contributed by atoms with van der Waals surface area (Å²) < 4.78 is 0. The summed E-state index contributed by atoms with van der Waals surface area (Å²) in [5.74, 6) is -0.836. The number of nitrogens with one attached hydrogen (secondary N) is 1. The molecule has 5 heteroatoms. The van der Waals surface area contributed by atoms with Crippen LogP contribution in [0.3, 0.4) is 0 Å². The molecule has 0 spiro atoms. The lowest BCUT2D eigenvalue weighted by Crippen LogP contribution is -2.05. The number of aliphatic carboxylic acids is 1. The van der Waals surface area contributed by atoms with Gasteiger partial charge >= 0.3 is 5.97 Å². The Morgan fingerprint density at radius 2 is 1.85 bits per heavy atom. The van der Waals surface area contributed by atoms with Gasteiger partial charge in [0, 0.05) is 30.9 Å². The first kappa shape index (κ1) is 19.1. The van der Waals surface area contributed by atoms with E-state index in [2.05, 4.69) is 52.8 Å². The van der Waals surface area contributed by atoms with Crippen LogP contribution in [-0.4, -0.2) is 29.7 Å². The minimum atomic E-state index is -0.836. The van der Waals surface area contributed by atoms with Crippen LogP contribution in [0, 0.1) is 0 Å². The van der Waals surface area contributed by atoms with Gasteiger partial charge in [0.1, 0.15) is 0 Å². The molecule has 0 aliphatic rings. The maximum Gasteiger partial charge on any atom is 0.304 e. The molecule has 0 saturated heterocycles. The van der Waals surface area contributed by atoms with Gasteiger partial charge in [0.05, 0.1) is 11.9 Å². The second-order valence-electron chi connectivity index (χ2n) is 5.56. The molecule has 0 fully saturated rings. The largest absolute Gasteiger partial charge is 0.481 e. The van der Waals surface area contributed by atoms with E-state index in [0.29, 0.717) is 0 Å². The molecular formula is C21H23N3O2. The van der Waals surface area contributed by atoms with Crippen molar-refractivity contribution in [1.82, 2.24) is 4.98 Å². The summed E-state index contributed by atoms with van der Waals surface area (Å²) in [6.07, 6.45) is 6.19. The first-order valence-corrected chi connectivity index (χ1v) is 8.35. The number of nitrogens with zero attached hydrogens (tertiary/aromatic N) is 1. The fourth-order valence-corrected chi connectivity index (χ4v) is 2.33. The van der Waals surface area contributed by atoms with Crippen molar-refractivity contribution in [2.75, 3.05) is 18.9 Å². The highest BCUT2D eigenvalue weighted by Gasteiger charge is 1.97. The van der Waals surface area contributed by atoms with Crippen LogP contribution >= 0.6 is 0 Å². The van der Waals surface area contributed by atoms with Gasteiger partial charge in [0.15, 0.2) is 0 Å². The first-order chi connectivity index (χ1) is 12.6. The average Bonchev–Trinajstić information content (AvgIpc) is 2.67. The molecule has 4 N–H and O–H groups in total. The number of nitrogens with two attached hydrogens (primary N) is 1. The monoisotopic (exact) mass is 349 g/mol. The number of pyridine rings is 1. The Kier molecular flexibility index (Phi) is 7.33. The van der Waals surface area contributed by atoms with E-state index >= 15 is 0 Å². The Balaban J connectivity index is 0.000000352. The molecule has 3 rings (SSSR count). The zero-order valence-corrected chi connectivity index (χ0v) is 14.7. The van der Waals surface area contributed by atoms with Crippen LogP contribution in [0.15, 0.2) is 60.8 Å². The summed E-state index contributed by atoms with van der Waals surface area (Å²) in [4.78, 5) is 13.9. The zero-order valence-electron chi connectivity index (χ0n) is 14.7. The minimum absolute atomic E-state index is 0.0694. The molecule has 0 aliphatic heterocycles. The number of rotatable bonds is 5. The maximum absolute atomic E-state index is 9.52. The predicted octanol–water partition coefficient (Wildman–Crippen LogP) is 3.87. The normalized spacial score (nSPS) is 10.4. The molecule has 0 amide bonds. The van der Waals surface area contributed by atoms with E-state index in [9.17, 15) is 4.79 Å². The molecule has 0 radical (unpaired) electrons. The zero-order chi connectivity index (χ0) is 18.8. The summed E-state index contributed by atoms with van der Waals surface area (Å²) in [6, 6.07) is 18.6. The van der Waals surface area contributed by atoms with Crippen LogP contribution in [-0.2, 0) is 4.79 Å². The lowest BCUT2D eigenvalue weighted by atomic mass is 10.1. The van der Waals surface area contributed by atoms with Crippen molar-refractivity contribution in [3.05, 3.63) is 71.9 Å². The molecule has 0 atom stereocenters. The molecule has 5 nitrogen and oxygen atoms in total. The van der Waals surface area contributed by atoms with Crippen LogP contribution in [0.25, 0.3) is 23.1 Å². The number of aromatic nitrogens is 1. The molecule has 1 heterocycles. The highest BCUT2D eigenvalue weighted by molar-refractivity contribution is 5.90. The molecule has 0 unspecified atom stereocenters. The molecule has 0 saturated carbocycles. The van der Waals surface area contributed by atoms with Gasteiger partial charge in [-0.3, -0.25) is 9.78 Å². The van der Waals surface area contributed by atoms with E-state index in [1.807, 2.05) is 37.5 Å². The predicted molar refractivity (Wildman–Crippen MR) is 108 cm³/mol. The summed E-state index contributed by atoms with van der Waals surface area (Å²) in [6.45, 7) is 0.231. The van der Waals surface area contributed by atoms with Crippen molar-refractivity contribution in [3.63, 3.8) is 0 Å². The number of anilines is 1. The summed E-state index contributed by atoms with van der Waals surface area (Å²) in [7, 11) is 1.92. The molecular weight excluding hydrogens is 326 g/mol. The molecule has 134 valence electrons. The second-order valence-corrected chi connectivity index (χ2v) is 5.56. The van der Waals surface area contributed by atoms with Crippen LogP contribution in [0.2, 0.25) is 0 Å². The maximum atomic E-state index is 9.52. The topological polar surface area (TPSA) is 88.2 Å². The molecule has 0 aliphatic carbocycles. The van der Waals surface area contributed by atoms with E-state index < -0.39 is 5.97 Å². The summed E-state index contributed by atoms with van der Waals surface area (Å²) >= 11 is 0. The quantitative estimate of drug-likeness (QED) is 0.651. The van der Waals surface area contributed by atoms with Crippen LogP contribution in [0.1, 0.15) is 17.5 Å². The first-order valence-electron chi connectivity index (χ1n) is 8.35. The van der Waals surface area contributed by atoms with Crippen molar-refractivity contribution in [1.29, 1.82) is 0 Å². The van der Waals surface area contributed by atoms with Crippen molar-refractivity contribution in [3.8, 4) is 0 Å². The van der Waals surface area contributed by atoms with Crippen LogP contribution in [0.4, 0.5) is 5.69 Å². The Labute approximate surface area is 153 Å². The highest BCUT2D eigenvalue weighted by atomic mass is 16.4. The number of carboxylic acids is 1. The second kappa shape index (κ2) is 9.96. The van der Waals surface area contributed by atoms with Gasteiger partial charge in [-0.1, -0.05) is 42.5 Å². The van der Waals surface area contributed by atoms with Crippen LogP contribution < -0.4 is 11.1 Å². The molecule has 3 aromatic rings. The van der Waals surface area contributed by atoms with Gasteiger partial charge in [-0.05, 0) is 35.4 Å². The Morgan fingerprint density at radius 1 is 1.12 bits per heavy atom. The lowest BCUT2D eigenvalue weighted by Gasteiger charge is -2.02. The van der Waals surface area contributed by atoms with Crippen molar-refractivity contribution in [2.45, 2.75) is 6.42 Å². The van der Waals surface area contributed by atoms with Gasteiger partial charge in [0.2, 0.25) is 0 Å². The summed E-state index contributed by atoms with van der Waals surface area (Å²) in [5, 5.41) is 12.1. The molecule has 2 aromatic carbocycles. The average molecular weight is 349 g/mol. The minimum Gasteiger partial charge on any atom is -0.481 e. The third-order valence-electron chi connectivity index (χ3n) is 3.70. The van der Waals surface area contributed by atoms with Gasteiger partial charge in [-0.2, -0.15) is 0 Å². The van der Waals surface area contributed by atoms with Crippen molar-refractivity contribution >= 4 is 34.7 Å². The number of fused-ring (bicyclic) bond motifs is 1. The summed E-state index contributed by atoms with van der Waals surface area (Å²) in [5.41, 5.74) is 9.37. The Morgan fingerprint density at radius 3 is 2.46 bits per heavy atom. The number of para-hydroxylation sites is 1. The number of carbonyl (C=O) groups is 1. The van der Waals surface area contributed by atoms with Crippen LogP contribution in [0.5, 0.6) is 0 Å². The van der Waals surface area contributed by atoms with E-state index in [-0.39, 0.29) is 13.0 Å². The third kappa shape index (κ3) is 5.72. The number of benzene rings is 2. The molecule has 1 aromatic heterocycles. The smallest absolute Gasteiger partial charge is 0.304 e. The molecule has 0 bridgehead atoms. The van der Waals surface area contributed by atoms with Crippen molar-refractivity contribution in [2.24, 2.45) is 5.73 Å². The number of hydrogen-bond acceptors (Lipinski definition) is 4. The van der Waals surface area contributed by atoms with Gasteiger partial charge in [0.25, 0.3) is 0 Å². The van der Waals surface area contributed by atoms with Gasteiger partial charge in [-0.25, -0.2) is 0 Å². The SMILES string of the molecule is CNc1ccc(C=Cc2ccnc3ccccc23)cc1.NCCC(=O)O. The lowest BCUT2D eigenvalue weighted by molar-refractivity contribution is -0.136. The number of carboxylic acid groups (broad SMARTS) is 1. The molecule has 26 heavy (non-hydrogen) atoms. The van der Waals surface area contributed by atoms with Gasteiger partial charge in [-0.15, -0.1) is 0 Å². The van der Waals surface area contributed by atoms with E-state index in [1.165, 1.54) is 16.5 Å². The van der Waals surface area contributed by atoms with E-state index in [4.69, 9.17) is 10.8 Å². The standard InChI is InChI=1S/C18H16N2.C3H7NO2/c1-19-16-10-7-14(8-11-16)6-9-15-12-13-20-18-5-3-2-4-17(15)18;4-2-1-3(5)6/h2-13,19H,1H3;1-2,4H2,(H,5,6). The highest BCUT2D eigenvalue weighted by Crippen LogP contribution is 2.19. The van der Waals surface area contributed by atoms with Crippen molar-refractivity contribution < 1.29 is 9.90 Å². The Bertz CT molecular complexity index is 869. The fourth-order valence-electron chi connectivity index (χ4n) is 2.33. The van der Waals surface area contributed by atoms with E-state index in [1.54, 1.807) is 0 Å². The fraction of sp³-hybridized carbons (Fsp3) is 0.143.